The van der Waals surface area contributed by atoms with Crippen molar-refractivity contribution in [1.82, 2.24) is 0 Å². The molecule has 5 rings (SSSR count). The Morgan fingerprint density at radius 2 is 1.50 bits per heavy atom. The van der Waals surface area contributed by atoms with Crippen LogP contribution < -0.4 is 0 Å². The van der Waals surface area contributed by atoms with Crippen molar-refractivity contribution in [3.05, 3.63) is 69.8 Å². The van der Waals surface area contributed by atoms with Gasteiger partial charge in [0, 0.05) is 12.3 Å². The zero-order valence-corrected chi connectivity index (χ0v) is 18.1. The first-order valence-electron chi connectivity index (χ1n) is 10.7. The Morgan fingerprint density at radius 3 is 2.25 bits per heavy atom. The molecule has 2 aromatic carbocycles. The van der Waals surface area contributed by atoms with Crippen molar-refractivity contribution in [3.63, 3.8) is 0 Å². The van der Waals surface area contributed by atoms with Gasteiger partial charge in [-0.25, -0.2) is 0 Å². The van der Waals surface area contributed by atoms with E-state index in [4.69, 9.17) is 9.47 Å². The highest BCUT2D eigenvalue weighted by Crippen LogP contribution is 2.58. The average Bonchev–Trinajstić information content (AvgIpc) is 2.80. The number of hydrogen-bond acceptors (Lipinski definition) is 2. The van der Waals surface area contributed by atoms with Gasteiger partial charge in [-0.1, -0.05) is 47.5 Å². The first-order chi connectivity index (χ1) is 13.1. The summed E-state index contributed by atoms with van der Waals surface area (Å²) >= 11 is 0. The summed E-state index contributed by atoms with van der Waals surface area (Å²) < 4.78 is 13.6. The van der Waals surface area contributed by atoms with Gasteiger partial charge in [0.2, 0.25) is 0 Å². The van der Waals surface area contributed by atoms with E-state index in [2.05, 4.69) is 77.9 Å². The van der Waals surface area contributed by atoms with Crippen LogP contribution in [0.25, 0.3) is 0 Å². The van der Waals surface area contributed by atoms with Gasteiger partial charge in [0.25, 0.3) is 0 Å². The zero-order chi connectivity index (χ0) is 19.9. The van der Waals surface area contributed by atoms with Crippen molar-refractivity contribution in [2.45, 2.75) is 89.6 Å². The maximum atomic E-state index is 6.85. The summed E-state index contributed by atoms with van der Waals surface area (Å²) in [6.45, 7) is 13.2. The molecular formula is C26H32O2. The number of ether oxygens (including phenoxy) is 2. The highest BCUT2D eigenvalue weighted by Gasteiger charge is 2.55. The van der Waals surface area contributed by atoms with Gasteiger partial charge in [-0.2, -0.15) is 0 Å². The van der Waals surface area contributed by atoms with Crippen molar-refractivity contribution in [1.29, 1.82) is 0 Å². The Labute approximate surface area is 169 Å². The Morgan fingerprint density at radius 1 is 0.821 bits per heavy atom. The van der Waals surface area contributed by atoms with Gasteiger partial charge in [0.1, 0.15) is 0 Å². The third-order valence-electron chi connectivity index (χ3n) is 7.31. The van der Waals surface area contributed by atoms with Crippen molar-refractivity contribution in [2.75, 3.05) is 0 Å². The molecule has 3 atom stereocenters. The van der Waals surface area contributed by atoms with Crippen LogP contribution in [0.4, 0.5) is 0 Å². The molecule has 2 aromatic rings. The van der Waals surface area contributed by atoms with E-state index < -0.39 is 0 Å². The summed E-state index contributed by atoms with van der Waals surface area (Å²) in [4.78, 5) is 0. The van der Waals surface area contributed by atoms with E-state index in [0.717, 1.165) is 19.3 Å². The maximum Gasteiger partial charge on any atom is 0.0972 e. The van der Waals surface area contributed by atoms with Crippen LogP contribution in [-0.4, -0.2) is 6.10 Å². The predicted molar refractivity (Wildman–Crippen MR) is 113 cm³/mol. The second kappa shape index (κ2) is 5.70. The summed E-state index contributed by atoms with van der Waals surface area (Å²) in [6, 6.07) is 13.8. The second-order valence-electron chi connectivity index (χ2n) is 10.3. The lowest BCUT2D eigenvalue weighted by atomic mass is 9.67. The lowest BCUT2D eigenvalue weighted by Crippen LogP contribution is -2.47. The molecule has 1 fully saturated rings. The normalized spacial score (nSPS) is 31.9. The summed E-state index contributed by atoms with van der Waals surface area (Å²) in [5, 5.41) is 0. The van der Waals surface area contributed by atoms with Crippen molar-refractivity contribution in [2.24, 2.45) is 0 Å². The fraction of sp³-hybridized carbons (Fsp3) is 0.538. The van der Waals surface area contributed by atoms with Gasteiger partial charge in [-0.05, 0) is 76.6 Å². The Kier molecular flexibility index (Phi) is 3.75. The van der Waals surface area contributed by atoms with E-state index in [0.29, 0.717) is 5.92 Å². The highest BCUT2D eigenvalue weighted by molar-refractivity contribution is 5.45. The largest absolute Gasteiger partial charge is 0.367 e. The third-order valence-corrected chi connectivity index (χ3v) is 7.31. The van der Waals surface area contributed by atoms with Crippen LogP contribution in [0.15, 0.2) is 36.4 Å². The lowest BCUT2D eigenvalue weighted by Gasteiger charge is -2.50. The molecule has 1 spiro atoms. The van der Waals surface area contributed by atoms with Crippen LogP contribution in [0, 0.1) is 13.8 Å². The molecule has 1 saturated carbocycles. The van der Waals surface area contributed by atoms with Gasteiger partial charge >= 0.3 is 0 Å². The number of hydrogen-bond donors (Lipinski definition) is 0. The van der Waals surface area contributed by atoms with E-state index in [9.17, 15) is 0 Å². The van der Waals surface area contributed by atoms with E-state index in [1.807, 2.05) is 0 Å². The number of benzene rings is 2. The molecule has 2 nitrogen and oxygen atoms in total. The Bertz CT molecular complexity index is 955. The monoisotopic (exact) mass is 376 g/mol. The van der Waals surface area contributed by atoms with Crippen molar-refractivity contribution < 1.29 is 9.47 Å². The highest BCUT2D eigenvalue weighted by atomic mass is 16.5. The van der Waals surface area contributed by atoms with E-state index in [1.54, 1.807) is 0 Å². The average molecular weight is 377 g/mol. The molecule has 2 aliphatic heterocycles. The summed E-state index contributed by atoms with van der Waals surface area (Å²) in [5.41, 5.74) is 7.53. The minimum atomic E-state index is -0.257. The van der Waals surface area contributed by atoms with Crippen LogP contribution in [0.2, 0.25) is 0 Å². The molecule has 2 heteroatoms. The minimum absolute atomic E-state index is 0.195. The van der Waals surface area contributed by atoms with Crippen LogP contribution in [-0.2, 0) is 26.3 Å². The van der Waals surface area contributed by atoms with Gasteiger partial charge < -0.3 is 9.47 Å². The van der Waals surface area contributed by atoms with Crippen LogP contribution in [0.1, 0.15) is 86.3 Å². The number of fused-ring (bicyclic) bond motifs is 5. The molecule has 0 N–H and O–H groups in total. The van der Waals surface area contributed by atoms with Crippen LogP contribution >= 0.6 is 0 Å². The van der Waals surface area contributed by atoms with E-state index in [1.165, 1.54) is 33.4 Å². The van der Waals surface area contributed by atoms with E-state index in [-0.39, 0.29) is 22.9 Å². The first-order valence-corrected chi connectivity index (χ1v) is 10.7. The molecule has 0 radical (unpaired) electrons. The standard InChI is InChI=1S/C26H32O2/c1-16-7-9-20-19(13-16)18-11-12-26(15-23(18)27-24(20,3)4)21-10-8-17(2)14-22(21)25(5,6)28-26/h7-10,13-14,18,23H,11-12,15H2,1-6H3. The molecular weight excluding hydrogens is 344 g/mol. The van der Waals surface area contributed by atoms with Crippen molar-refractivity contribution in [3.8, 4) is 0 Å². The first kappa shape index (κ1) is 18.4. The zero-order valence-electron chi connectivity index (χ0n) is 18.1. The number of rotatable bonds is 0. The Balaban J connectivity index is 1.57. The van der Waals surface area contributed by atoms with Crippen LogP contribution in [0.5, 0.6) is 0 Å². The third kappa shape index (κ3) is 2.54. The topological polar surface area (TPSA) is 18.5 Å². The summed E-state index contributed by atoms with van der Waals surface area (Å²) in [7, 11) is 0. The maximum absolute atomic E-state index is 6.85. The summed E-state index contributed by atoms with van der Waals surface area (Å²) in [5.74, 6) is 0.467. The fourth-order valence-corrected chi connectivity index (χ4v) is 6.09. The molecule has 3 aliphatic rings. The molecule has 0 bridgehead atoms. The molecule has 0 amide bonds. The fourth-order valence-electron chi connectivity index (χ4n) is 6.09. The molecule has 0 saturated heterocycles. The molecule has 3 unspecified atom stereocenters. The molecule has 2 heterocycles. The van der Waals surface area contributed by atoms with Gasteiger partial charge in [0.05, 0.1) is 22.9 Å². The molecule has 1 aliphatic carbocycles. The smallest absolute Gasteiger partial charge is 0.0972 e. The predicted octanol–water partition coefficient (Wildman–Crippen LogP) is 6.37. The minimum Gasteiger partial charge on any atom is -0.367 e. The quantitative estimate of drug-likeness (QED) is 0.532. The van der Waals surface area contributed by atoms with E-state index >= 15 is 0 Å². The lowest BCUT2D eigenvalue weighted by molar-refractivity contribution is -0.195. The van der Waals surface area contributed by atoms with Crippen LogP contribution in [0.3, 0.4) is 0 Å². The molecule has 0 aromatic heterocycles. The van der Waals surface area contributed by atoms with Gasteiger partial charge in [-0.3, -0.25) is 0 Å². The van der Waals surface area contributed by atoms with Gasteiger partial charge in [0.15, 0.2) is 0 Å². The SMILES string of the molecule is Cc1ccc2c(c1)C1CCC3(CC1OC2(C)C)OC(C)(C)c1cc(C)ccc13. The molecule has 148 valence electrons. The Hall–Kier alpha value is -1.64. The van der Waals surface area contributed by atoms with Crippen molar-refractivity contribution >= 4 is 0 Å². The number of aryl methyl sites for hydroxylation is 2. The molecule has 28 heavy (non-hydrogen) atoms. The van der Waals surface area contributed by atoms with Gasteiger partial charge in [-0.15, -0.1) is 0 Å². The second-order valence-corrected chi connectivity index (χ2v) is 10.3. The summed E-state index contributed by atoms with van der Waals surface area (Å²) in [6.07, 6.45) is 3.31.